The molecule has 5 rings (SSSR count). The number of hydrogen-bond acceptors (Lipinski definition) is 6. The second-order valence-corrected chi connectivity index (χ2v) is 9.96. The van der Waals surface area contributed by atoms with Gasteiger partial charge in [-0.1, -0.05) is 12.1 Å². The molecule has 37 heavy (non-hydrogen) atoms. The summed E-state index contributed by atoms with van der Waals surface area (Å²) in [4.78, 5) is 7.08. The Kier molecular flexibility index (Phi) is 7.30. The molecular weight excluding hydrogens is 499 g/mol. The van der Waals surface area contributed by atoms with E-state index in [0.29, 0.717) is 23.0 Å². The molecule has 0 spiro atoms. The number of rotatable bonds is 7. The molecule has 0 unspecified atom stereocenters. The van der Waals surface area contributed by atoms with Crippen molar-refractivity contribution >= 4 is 29.0 Å². The molecule has 0 atom stereocenters. The number of halogens is 3. The normalized spacial score (nSPS) is 14.4. The van der Waals surface area contributed by atoms with Crippen LogP contribution in [0.25, 0.3) is 16.9 Å². The quantitative estimate of drug-likeness (QED) is 0.322. The van der Waals surface area contributed by atoms with Crippen molar-refractivity contribution in [3.05, 3.63) is 71.3 Å². The first kappa shape index (κ1) is 25.4. The third-order valence-electron chi connectivity index (χ3n) is 6.63. The first-order valence-corrected chi connectivity index (χ1v) is 13.5. The molecule has 0 aliphatic carbocycles. The van der Waals surface area contributed by atoms with E-state index in [-0.39, 0.29) is 5.56 Å². The molecule has 194 valence electrons. The Morgan fingerprint density at radius 3 is 2.59 bits per heavy atom. The Balaban J connectivity index is 1.43. The van der Waals surface area contributed by atoms with Gasteiger partial charge in [0.15, 0.2) is 5.65 Å². The van der Waals surface area contributed by atoms with Crippen LogP contribution in [0.2, 0.25) is 0 Å². The van der Waals surface area contributed by atoms with Crippen LogP contribution < -0.4 is 10.1 Å². The maximum absolute atomic E-state index is 13.4. The Bertz CT molecular complexity index is 1400. The Labute approximate surface area is 217 Å². The maximum atomic E-state index is 13.4. The van der Waals surface area contributed by atoms with Crippen LogP contribution in [0.5, 0.6) is 5.75 Å². The number of nitrogens with one attached hydrogen (secondary N) is 1. The van der Waals surface area contributed by atoms with Crippen molar-refractivity contribution in [2.75, 3.05) is 44.1 Å². The van der Waals surface area contributed by atoms with Crippen molar-refractivity contribution in [2.45, 2.75) is 19.0 Å². The summed E-state index contributed by atoms with van der Waals surface area (Å²) in [6.07, 6.45) is -0.325. The number of benzene rings is 2. The third kappa shape index (κ3) is 5.55. The largest absolute Gasteiger partial charge is 0.496 e. The fraction of sp³-hybridized carbons (Fsp3) is 0.333. The second kappa shape index (κ2) is 10.6. The summed E-state index contributed by atoms with van der Waals surface area (Å²) in [6, 6.07) is 15.0. The van der Waals surface area contributed by atoms with Crippen molar-refractivity contribution in [3.8, 4) is 17.0 Å². The van der Waals surface area contributed by atoms with Crippen molar-refractivity contribution in [1.29, 1.82) is 0 Å². The highest BCUT2D eigenvalue weighted by Crippen LogP contribution is 2.37. The minimum absolute atomic E-state index is 0.287. The van der Waals surface area contributed by atoms with Crippen LogP contribution in [-0.4, -0.2) is 58.3 Å². The molecule has 6 nitrogen and oxygen atoms in total. The van der Waals surface area contributed by atoms with Crippen LogP contribution in [-0.2, 0) is 19.0 Å². The SMILES string of the molecule is COc1ccc(C(F)(F)F)cc1-c1cccc2nc(Nc3ccc4c(c3)CCN(CCSC)CC4)nn12. The van der Waals surface area contributed by atoms with Gasteiger partial charge in [-0.15, -0.1) is 5.10 Å². The number of alkyl halides is 3. The number of thioether (sulfide) groups is 1. The molecule has 0 radical (unpaired) electrons. The summed E-state index contributed by atoms with van der Waals surface area (Å²) >= 11 is 1.87. The smallest absolute Gasteiger partial charge is 0.416 e. The lowest BCUT2D eigenvalue weighted by Gasteiger charge is -2.18. The molecular formula is C27H28F3N5OS. The van der Waals surface area contributed by atoms with E-state index < -0.39 is 11.7 Å². The topological polar surface area (TPSA) is 54.7 Å². The highest BCUT2D eigenvalue weighted by molar-refractivity contribution is 7.98. The first-order chi connectivity index (χ1) is 17.9. The van der Waals surface area contributed by atoms with Gasteiger partial charge in [-0.25, -0.2) is 4.52 Å². The number of ether oxygens (including phenoxy) is 1. The fourth-order valence-electron chi connectivity index (χ4n) is 4.67. The lowest BCUT2D eigenvalue weighted by atomic mass is 10.0. The molecule has 0 saturated heterocycles. The van der Waals surface area contributed by atoms with E-state index in [2.05, 4.69) is 38.7 Å². The second-order valence-electron chi connectivity index (χ2n) is 8.97. The van der Waals surface area contributed by atoms with Crippen LogP contribution in [0, 0.1) is 0 Å². The molecule has 0 amide bonds. The number of nitrogens with zero attached hydrogens (tertiary/aromatic N) is 4. The zero-order valence-electron chi connectivity index (χ0n) is 20.7. The molecule has 2 aromatic heterocycles. The summed E-state index contributed by atoms with van der Waals surface area (Å²) in [7, 11) is 1.43. The summed E-state index contributed by atoms with van der Waals surface area (Å²) < 4.78 is 47.1. The molecule has 2 aromatic carbocycles. The zero-order chi connectivity index (χ0) is 26.0. The number of pyridine rings is 1. The van der Waals surface area contributed by atoms with Crippen LogP contribution in [0.15, 0.2) is 54.6 Å². The van der Waals surface area contributed by atoms with E-state index in [1.807, 2.05) is 17.8 Å². The van der Waals surface area contributed by atoms with Gasteiger partial charge >= 0.3 is 6.18 Å². The summed E-state index contributed by atoms with van der Waals surface area (Å²) in [5, 5.41) is 7.86. The summed E-state index contributed by atoms with van der Waals surface area (Å²) in [6.45, 7) is 3.20. The summed E-state index contributed by atoms with van der Waals surface area (Å²) in [5.41, 5.74) is 4.05. The van der Waals surface area contributed by atoms with E-state index in [4.69, 9.17) is 4.74 Å². The number of anilines is 2. The molecule has 0 saturated carbocycles. The Hall–Kier alpha value is -3.24. The van der Waals surface area contributed by atoms with Gasteiger partial charge in [-0.2, -0.15) is 29.9 Å². The average Bonchev–Trinajstić information content (AvgIpc) is 3.19. The van der Waals surface area contributed by atoms with Gasteiger partial charge in [-0.05, 0) is 72.7 Å². The number of fused-ring (bicyclic) bond motifs is 2. The minimum atomic E-state index is -4.47. The minimum Gasteiger partial charge on any atom is -0.496 e. The van der Waals surface area contributed by atoms with Gasteiger partial charge < -0.3 is 15.0 Å². The molecule has 4 aromatic rings. The number of methoxy groups -OCH3 is 1. The van der Waals surface area contributed by atoms with E-state index in [0.717, 1.165) is 56.0 Å². The van der Waals surface area contributed by atoms with E-state index in [9.17, 15) is 13.2 Å². The lowest BCUT2D eigenvalue weighted by Crippen LogP contribution is -2.28. The van der Waals surface area contributed by atoms with Gasteiger partial charge in [0.2, 0.25) is 5.95 Å². The number of hydrogen-bond donors (Lipinski definition) is 1. The highest BCUT2D eigenvalue weighted by atomic mass is 32.2. The van der Waals surface area contributed by atoms with Gasteiger partial charge in [0.05, 0.1) is 18.4 Å². The number of aromatic nitrogens is 3. The van der Waals surface area contributed by atoms with E-state index in [1.54, 1.807) is 18.2 Å². The van der Waals surface area contributed by atoms with E-state index >= 15 is 0 Å². The van der Waals surface area contributed by atoms with Crippen LogP contribution >= 0.6 is 11.8 Å². The molecule has 0 fully saturated rings. The van der Waals surface area contributed by atoms with Gasteiger partial charge in [0.1, 0.15) is 5.75 Å². The molecule has 1 N–H and O–H groups in total. The molecule has 10 heteroatoms. The Morgan fingerprint density at radius 1 is 1.03 bits per heavy atom. The predicted octanol–water partition coefficient (Wildman–Crippen LogP) is 5.93. The molecule has 1 aliphatic heterocycles. The van der Waals surface area contributed by atoms with Crippen LogP contribution in [0.3, 0.4) is 0 Å². The molecule has 3 heterocycles. The van der Waals surface area contributed by atoms with Crippen LogP contribution in [0.1, 0.15) is 16.7 Å². The van der Waals surface area contributed by atoms with Gasteiger partial charge in [-0.3, -0.25) is 0 Å². The zero-order valence-corrected chi connectivity index (χ0v) is 21.5. The molecule has 0 bridgehead atoms. The highest BCUT2D eigenvalue weighted by Gasteiger charge is 2.31. The predicted molar refractivity (Wildman–Crippen MR) is 142 cm³/mol. The maximum Gasteiger partial charge on any atom is 0.416 e. The lowest BCUT2D eigenvalue weighted by molar-refractivity contribution is -0.137. The van der Waals surface area contributed by atoms with Crippen molar-refractivity contribution in [2.24, 2.45) is 0 Å². The van der Waals surface area contributed by atoms with Gasteiger partial charge in [0.25, 0.3) is 0 Å². The van der Waals surface area contributed by atoms with E-state index in [1.165, 1.54) is 28.8 Å². The monoisotopic (exact) mass is 527 g/mol. The first-order valence-electron chi connectivity index (χ1n) is 12.1. The Morgan fingerprint density at radius 2 is 1.84 bits per heavy atom. The van der Waals surface area contributed by atoms with Crippen molar-refractivity contribution in [1.82, 2.24) is 19.5 Å². The van der Waals surface area contributed by atoms with Crippen LogP contribution in [0.4, 0.5) is 24.8 Å². The molecule has 1 aliphatic rings. The van der Waals surface area contributed by atoms with Crippen molar-refractivity contribution in [3.63, 3.8) is 0 Å². The average molecular weight is 528 g/mol. The fourth-order valence-corrected chi connectivity index (χ4v) is 5.11. The van der Waals surface area contributed by atoms with Crippen molar-refractivity contribution < 1.29 is 17.9 Å². The summed E-state index contributed by atoms with van der Waals surface area (Å²) in [5.74, 6) is 1.83. The standard InChI is InChI=1S/C27H28F3N5OS/c1-36-24-9-7-20(27(28,29)30)17-22(24)23-4-3-5-25-32-26(33-35(23)25)31-21-8-6-18-10-12-34(14-15-37-2)13-11-19(18)16-21/h3-9,16-17H,10-15H2,1-2H3,(H,31,33). The van der Waals surface area contributed by atoms with Gasteiger partial charge in [0, 0.05) is 36.6 Å². The third-order valence-corrected chi connectivity index (χ3v) is 7.22.